The molecule has 1 amide bonds. The minimum Gasteiger partial charge on any atom is -0.494 e. The third kappa shape index (κ3) is 2.66. The smallest absolute Gasteiger partial charge is 0.221 e. The summed E-state index contributed by atoms with van der Waals surface area (Å²) in [5.74, 6) is 1.74. The first-order valence-corrected chi connectivity index (χ1v) is 6.53. The quantitative estimate of drug-likeness (QED) is 0.852. The van der Waals surface area contributed by atoms with Gasteiger partial charge in [0.15, 0.2) is 0 Å². The number of hydrogen-bond donors (Lipinski definition) is 1. The Kier molecular flexibility index (Phi) is 4.27. The van der Waals surface area contributed by atoms with Crippen molar-refractivity contribution >= 4 is 28.5 Å². The second-order valence-corrected chi connectivity index (χ2v) is 4.33. The minimum atomic E-state index is -0.00901. The molecule has 0 spiro atoms. The maximum absolute atomic E-state index is 11.4. The number of carbonyl (C=O) groups excluding carboxylic acids is 1. The Hall–Kier alpha value is -1.75. The molecule has 5 nitrogen and oxygen atoms in total. The van der Waals surface area contributed by atoms with Gasteiger partial charge in [0.2, 0.25) is 5.91 Å². The van der Waals surface area contributed by atoms with Crippen LogP contribution in [0, 0.1) is 0 Å². The van der Waals surface area contributed by atoms with Gasteiger partial charge in [0.1, 0.15) is 17.1 Å². The van der Waals surface area contributed by atoms with Crippen LogP contribution < -0.4 is 10.1 Å². The van der Waals surface area contributed by atoms with Crippen LogP contribution in [0.25, 0.3) is 11.0 Å². The molecule has 0 bridgehead atoms. The van der Waals surface area contributed by atoms with E-state index >= 15 is 0 Å². The molecule has 0 radical (unpaired) electrons. The van der Waals surface area contributed by atoms with E-state index in [4.69, 9.17) is 16.3 Å². The fraction of sp³-hybridized carbons (Fsp3) is 0.385. The van der Waals surface area contributed by atoms with E-state index in [1.54, 1.807) is 14.2 Å². The van der Waals surface area contributed by atoms with Gasteiger partial charge < -0.3 is 14.6 Å². The number of hydrogen-bond acceptors (Lipinski definition) is 3. The number of fused-ring (bicyclic) bond motifs is 1. The molecule has 19 heavy (non-hydrogen) atoms. The van der Waals surface area contributed by atoms with Crippen molar-refractivity contribution in [2.45, 2.75) is 18.8 Å². The number of aromatic nitrogens is 2. The molecule has 0 saturated heterocycles. The second kappa shape index (κ2) is 5.93. The molecule has 0 aliphatic carbocycles. The highest BCUT2D eigenvalue weighted by Crippen LogP contribution is 2.26. The van der Waals surface area contributed by atoms with Crippen molar-refractivity contribution in [1.29, 1.82) is 0 Å². The minimum absolute atomic E-state index is 0.00901. The number of halogens is 1. The SMILES string of the molecule is CNC(=O)CCn1c(CCl)nc2c(OC)cccc21. The number of nitrogens with zero attached hydrogens (tertiary/aromatic N) is 2. The maximum atomic E-state index is 11.4. The van der Waals surface area contributed by atoms with Crippen LogP contribution in [0.15, 0.2) is 18.2 Å². The van der Waals surface area contributed by atoms with Crippen molar-refractivity contribution < 1.29 is 9.53 Å². The van der Waals surface area contributed by atoms with Gasteiger partial charge >= 0.3 is 0 Å². The molecule has 1 N–H and O–H groups in total. The Morgan fingerprint density at radius 3 is 2.95 bits per heavy atom. The zero-order valence-electron chi connectivity index (χ0n) is 10.9. The molecule has 0 fully saturated rings. The number of alkyl halides is 1. The number of benzene rings is 1. The third-order valence-corrected chi connectivity index (χ3v) is 3.24. The largest absolute Gasteiger partial charge is 0.494 e. The van der Waals surface area contributed by atoms with Gasteiger partial charge in [0, 0.05) is 20.0 Å². The zero-order chi connectivity index (χ0) is 13.8. The average Bonchev–Trinajstić information content (AvgIpc) is 2.82. The van der Waals surface area contributed by atoms with Gasteiger partial charge in [-0.2, -0.15) is 0 Å². The highest BCUT2D eigenvalue weighted by molar-refractivity contribution is 6.16. The van der Waals surface area contributed by atoms with Gasteiger partial charge in [0.25, 0.3) is 0 Å². The van der Waals surface area contributed by atoms with E-state index in [1.165, 1.54) is 0 Å². The van der Waals surface area contributed by atoms with Gasteiger partial charge in [-0.15, -0.1) is 11.6 Å². The molecule has 2 aromatic rings. The van der Waals surface area contributed by atoms with Crippen LogP contribution in [0.2, 0.25) is 0 Å². The lowest BCUT2D eigenvalue weighted by Gasteiger charge is -2.07. The zero-order valence-corrected chi connectivity index (χ0v) is 11.7. The Bertz CT molecular complexity index is 595. The van der Waals surface area contributed by atoms with Crippen LogP contribution in [-0.4, -0.2) is 29.6 Å². The summed E-state index contributed by atoms with van der Waals surface area (Å²) >= 11 is 5.92. The number of imidazole rings is 1. The Morgan fingerprint density at radius 1 is 1.53 bits per heavy atom. The third-order valence-electron chi connectivity index (χ3n) is 3.00. The van der Waals surface area contributed by atoms with Crippen LogP contribution in [0.4, 0.5) is 0 Å². The van der Waals surface area contributed by atoms with Gasteiger partial charge in [-0.25, -0.2) is 4.98 Å². The Labute approximate surface area is 116 Å². The summed E-state index contributed by atoms with van der Waals surface area (Å²) in [6.45, 7) is 0.547. The van der Waals surface area contributed by atoms with E-state index in [1.807, 2.05) is 22.8 Å². The molecule has 0 saturated carbocycles. The average molecular weight is 282 g/mol. The molecule has 1 heterocycles. The summed E-state index contributed by atoms with van der Waals surface area (Å²) in [6, 6.07) is 5.71. The molecule has 6 heteroatoms. The Balaban J connectivity index is 2.43. The lowest BCUT2D eigenvalue weighted by Crippen LogP contribution is -2.19. The van der Waals surface area contributed by atoms with Gasteiger partial charge in [-0.1, -0.05) is 6.07 Å². The molecule has 2 rings (SSSR count). The molecule has 102 valence electrons. The number of methoxy groups -OCH3 is 1. The van der Waals surface area contributed by atoms with Crippen molar-refractivity contribution in [2.75, 3.05) is 14.2 Å². The van der Waals surface area contributed by atoms with E-state index in [-0.39, 0.29) is 5.91 Å². The second-order valence-electron chi connectivity index (χ2n) is 4.06. The van der Waals surface area contributed by atoms with Gasteiger partial charge in [-0.05, 0) is 12.1 Å². The number of rotatable bonds is 5. The summed E-state index contributed by atoms with van der Waals surface area (Å²) in [5, 5.41) is 2.61. The highest BCUT2D eigenvalue weighted by atomic mass is 35.5. The molecule has 0 aliphatic heterocycles. The summed E-state index contributed by atoms with van der Waals surface area (Å²) < 4.78 is 7.25. The number of aryl methyl sites for hydroxylation is 1. The van der Waals surface area contributed by atoms with Crippen molar-refractivity contribution in [3.8, 4) is 5.75 Å². The molecule has 1 aromatic carbocycles. The number of ether oxygens (including phenoxy) is 1. The lowest BCUT2D eigenvalue weighted by atomic mass is 10.3. The van der Waals surface area contributed by atoms with E-state index in [2.05, 4.69) is 10.3 Å². The van der Waals surface area contributed by atoms with Gasteiger partial charge in [-0.3, -0.25) is 4.79 Å². The summed E-state index contributed by atoms with van der Waals surface area (Å²) in [7, 11) is 3.23. The molecular weight excluding hydrogens is 266 g/mol. The predicted octanol–water partition coefficient (Wildman–Crippen LogP) is 1.92. The first-order valence-electron chi connectivity index (χ1n) is 6.00. The Morgan fingerprint density at radius 2 is 2.32 bits per heavy atom. The number of carbonyl (C=O) groups is 1. The highest BCUT2D eigenvalue weighted by Gasteiger charge is 2.13. The predicted molar refractivity (Wildman–Crippen MR) is 74.5 cm³/mol. The van der Waals surface area contributed by atoms with Crippen molar-refractivity contribution in [3.05, 3.63) is 24.0 Å². The van der Waals surface area contributed by atoms with Crippen molar-refractivity contribution in [2.24, 2.45) is 0 Å². The number of amides is 1. The van der Waals surface area contributed by atoms with Crippen molar-refractivity contribution in [3.63, 3.8) is 0 Å². The van der Waals surface area contributed by atoms with Crippen LogP contribution >= 0.6 is 11.6 Å². The van der Waals surface area contributed by atoms with E-state index < -0.39 is 0 Å². The summed E-state index contributed by atoms with van der Waals surface area (Å²) in [5.41, 5.74) is 1.71. The van der Waals surface area contributed by atoms with Crippen LogP contribution in [0.5, 0.6) is 5.75 Å². The van der Waals surface area contributed by atoms with Crippen LogP contribution in [0.1, 0.15) is 12.2 Å². The fourth-order valence-corrected chi connectivity index (χ4v) is 2.23. The number of para-hydroxylation sites is 1. The molecule has 1 aromatic heterocycles. The maximum Gasteiger partial charge on any atom is 0.221 e. The first-order chi connectivity index (χ1) is 9.21. The van der Waals surface area contributed by atoms with E-state index in [0.717, 1.165) is 16.9 Å². The standard InChI is InChI=1S/C13H16ClN3O2/c1-15-12(18)6-7-17-9-4-3-5-10(19-2)13(9)16-11(17)8-14/h3-5H,6-8H2,1-2H3,(H,15,18). The summed E-state index contributed by atoms with van der Waals surface area (Å²) in [4.78, 5) is 15.8. The van der Waals surface area contributed by atoms with Gasteiger partial charge in [0.05, 0.1) is 18.5 Å². The van der Waals surface area contributed by atoms with E-state index in [0.29, 0.717) is 24.6 Å². The molecule has 0 atom stereocenters. The normalized spacial score (nSPS) is 10.7. The van der Waals surface area contributed by atoms with Crippen LogP contribution in [0.3, 0.4) is 0 Å². The van der Waals surface area contributed by atoms with Crippen LogP contribution in [-0.2, 0) is 17.2 Å². The fourth-order valence-electron chi connectivity index (χ4n) is 2.02. The first kappa shape index (κ1) is 13.7. The monoisotopic (exact) mass is 281 g/mol. The lowest BCUT2D eigenvalue weighted by molar-refractivity contribution is -0.120. The number of nitrogens with one attached hydrogen (secondary N) is 1. The topological polar surface area (TPSA) is 56.2 Å². The van der Waals surface area contributed by atoms with E-state index in [9.17, 15) is 4.79 Å². The van der Waals surface area contributed by atoms with Crippen molar-refractivity contribution in [1.82, 2.24) is 14.9 Å². The summed E-state index contributed by atoms with van der Waals surface area (Å²) in [6.07, 6.45) is 0.392. The molecule has 0 unspecified atom stereocenters. The molecular formula is C13H16ClN3O2. The molecule has 0 aliphatic rings.